The maximum Gasteiger partial charge on any atom is 0.336 e. The van der Waals surface area contributed by atoms with E-state index in [2.05, 4.69) is 0 Å². The molecule has 1 aromatic carbocycles. The van der Waals surface area contributed by atoms with Gasteiger partial charge in [-0.15, -0.1) is 0 Å². The maximum atomic E-state index is 11.5. The molecule has 0 saturated heterocycles. The number of nitrogens with one attached hydrogen (secondary N) is 2. The first-order valence-electron chi connectivity index (χ1n) is 4.67. The van der Waals surface area contributed by atoms with Crippen LogP contribution in [-0.4, -0.2) is 32.3 Å². The zero-order chi connectivity index (χ0) is 13.4. The Morgan fingerprint density at radius 1 is 0.944 bits per heavy atom. The summed E-state index contributed by atoms with van der Waals surface area (Å²) in [5.41, 5.74) is -2.48. The van der Waals surface area contributed by atoms with Crippen molar-refractivity contribution in [2.75, 3.05) is 0 Å². The van der Waals surface area contributed by atoms with Crippen molar-refractivity contribution in [1.29, 1.82) is 0 Å². The number of hydrogen-bond acceptors (Lipinski definition) is 4. The molecular weight excluding hydrogens is 244 g/mol. The average molecular weight is 250 g/mol. The number of fused-ring (bicyclic) bond motifs is 1. The van der Waals surface area contributed by atoms with Gasteiger partial charge in [-0.05, 0) is 12.1 Å². The number of carboxylic acids is 2. The Hall–Kier alpha value is -2.90. The normalized spacial score (nSPS) is 10.4. The fraction of sp³-hybridized carbons (Fsp3) is 0. The van der Waals surface area contributed by atoms with E-state index < -0.39 is 28.6 Å². The summed E-state index contributed by atoms with van der Waals surface area (Å²) < 4.78 is 0. The molecule has 0 fully saturated rings. The van der Waals surface area contributed by atoms with Crippen LogP contribution in [0.25, 0.3) is 10.8 Å². The Bertz CT molecular complexity index is 785. The molecule has 1 aromatic heterocycles. The smallest absolute Gasteiger partial charge is 0.336 e. The standard InChI is InChI=1S/C10H6N2O6/c13-7-4-1-3(9(15)16)2-5(10(17)18)6(4)8(14)12-11-7/h1-2H,(H,11,13)(H,12,14)(H,15,16)(H,17,18). The first kappa shape index (κ1) is 11.6. The largest absolute Gasteiger partial charge is 0.478 e. The van der Waals surface area contributed by atoms with Crippen LogP contribution in [0.4, 0.5) is 0 Å². The van der Waals surface area contributed by atoms with Crippen molar-refractivity contribution in [2.45, 2.75) is 0 Å². The van der Waals surface area contributed by atoms with Gasteiger partial charge in [-0.3, -0.25) is 19.8 Å². The molecule has 0 aliphatic rings. The van der Waals surface area contributed by atoms with E-state index in [0.29, 0.717) is 0 Å². The van der Waals surface area contributed by atoms with Crippen molar-refractivity contribution in [3.63, 3.8) is 0 Å². The number of carbonyl (C=O) groups is 2. The number of aromatic nitrogens is 2. The Morgan fingerprint density at radius 3 is 2.11 bits per heavy atom. The van der Waals surface area contributed by atoms with E-state index in [1.807, 2.05) is 10.2 Å². The number of aromatic carboxylic acids is 2. The first-order chi connectivity index (χ1) is 8.41. The van der Waals surface area contributed by atoms with E-state index in [1.165, 1.54) is 0 Å². The minimum atomic E-state index is -1.49. The van der Waals surface area contributed by atoms with Crippen LogP contribution >= 0.6 is 0 Å². The Balaban J connectivity index is 3.09. The lowest BCUT2D eigenvalue weighted by Gasteiger charge is -2.03. The molecule has 92 valence electrons. The number of H-pyrrole nitrogens is 2. The van der Waals surface area contributed by atoms with E-state index >= 15 is 0 Å². The number of carboxylic acid groups (broad SMARTS) is 2. The number of hydrogen-bond donors (Lipinski definition) is 4. The number of benzene rings is 1. The Morgan fingerprint density at radius 2 is 1.56 bits per heavy atom. The second-order valence-electron chi connectivity index (χ2n) is 3.46. The van der Waals surface area contributed by atoms with E-state index in [9.17, 15) is 19.2 Å². The van der Waals surface area contributed by atoms with E-state index in [0.717, 1.165) is 12.1 Å². The molecule has 1 heterocycles. The highest BCUT2D eigenvalue weighted by molar-refractivity contribution is 6.06. The van der Waals surface area contributed by atoms with Crippen LogP contribution in [0.5, 0.6) is 0 Å². The van der Waals surface area contributed by atoms with Crippen LogP contribution in [0.3, 0.4) is 0 Å². The lowest BCUT2D eigenvalue weighted by molar-refractivity contribution is 0.0696. The summed E-state index contributed by atoms with van der Waals surface area (Å²) in [7, 11) is 0. The van der Waals surface area contributed by atoms with Gasteiger partial charge in [0.15, 0.2) is 0 Å². The van der Waals surface area contributed by atoms with Crippen molar-refractivity contribution < 1.29 is 19.8 Å². The number of aromatic amines is 2. The highest BCUT2D eigenvalue weighted by Crippen LogP contribution is 2.15. The molecule has 0 unspecified atom stereocenters. The van der Waals surface area contributed by atoms with Crippen LogP contribution in [0.15, 0.2) is 21.7 Å². The van der Waals surface area contributed by atoms with Gasteiger partial charge in [0.25, 0.3) is 11.1 Å². The third-order valence-corrected chi connectivity index (χ3v) is 2.38. The van der Waals surface area contributed by atoms with Crippen LogP contribution in [0.2, 0.25) is 0 Å². The molecular formula is C10H6N2O6. The summed E-state index contributed by atoms with van der Waals surface area (Å²) in [6.45, 7) is 0. The molecule has 0 spiro atoms. The van der Waals surface area contributed by atoms with Gasteiger partial charge < -0.3 is 10.2 Å². The first-order valence-corrected chi connectivity index (χ1v) is 4.67. The van der Waals surface area contributed by atoms with Gasteiger partial charge in [0.2, 0.25) is 0 Å². The zero-order valence-electron chi connectivity index (χ0n) is 8.68. The summed E-state index contributed by atoms with van der Waals surface area (Å²) in [4.78, 5) is 44.8. The molecule has 0 amide bonds. The summed E-state index contributed by atoms with van der Waals surface area (Å²) >= 11 is 0. The molecule has 18 heavy (non-hydrogen) atoms. The van der Waals surface area contributed by atoms with Gasteiger partial charge in [-0.25, -0.2) is 9.59 Å². The quantitative estimate of drug-likeness (QED) is 0.572. The second kappa shape index (κ2) is 3.84. The molecule has 0 atom stereocenters. The van der Waals surface area contributed by atoms with Gasteiger partial charge in [0.05, 0.1) is 21.9 Å². The molecule has 0 aliphatic carbocycles. The van der Waals surface area contributed by atoms with Crippen molar-refractivity contribution in [3.8, 4) is 0 Å². The molecule has 0 saturated carbocycles. The summed E-state index contributed by atoms with van der Waals surface area (Å²) in [5, 5.41) is 21.1. The molecule has 8 heteroatoms. The van der Waals surface area contributed by atoms with E-state index in [1.54, 1.807) is 0 Å². The Kier molecular flexibility index (Phi) is 2.47. The summed E-state index contributed by atoms with van der Waals surface area (Å²) in [6, 6.07) is 1.79. The second-order valence-corrected chi connectivity index (χ2v) is 3.46. The zero-order valence-corrected chi connectivity index (χ0v) is 8.68. The molecule has 2 aromatic rings. The minimum Gasteiger partial charge on any atom is -0.478 e. The van der Waals surface area contributed by atoms with Crippen molar-refractivity contribution in [3.05, 3.63) is 44.0 Å². The third kappa shape index (κ3) is 1.65. The minimum absolute atomic E-state index is 0.281. The van der Waals surface area contributed by atoms with Crippen LogP contribution < -0.4 is 11.1 Å². The molecule has 4 N–H and O–H groups in total. The van der Waals surface area contributed by atoms with Crippen LogP contribution in [0, 0.1) is 0 Å². The molecule has 0 aliphatic heterocycles. The van der Waals surface area contributed by atoms with Crippen LogP contribution in [-0.2, 0) is 0 Å². The fourth-order valence-corrected chi connectivity index (χ4v) is 1.60. The number of rotatable bonds is 2. The predicted molar refractivity (Wildman–Crippen MR) is 59.1 cm³/mol. The van der Waals surface area contributed by atoms with Crippen molar-refractivity contribution >= 4 is 22.7 Å². The van der Waals surface area contributed by atoms with Crippen molar-refractivity contribution in [2.24, 2.45) is 0 Å². The van der Waals surface area contributed by atoms with Gasteiger partial charge >= 0.3 is 11.9 Å². The lowest BCUT2D eigenvalue weighted by Crippen LogP contribution is -2.22. The highest BCUT2D eigenvalue weighted by atomic mass is 16.4. The summed E-state index contributed by atoms with van der Waals surface area (Å²) in [5.74, 6) is -2.88. The molecule has 2 rings (SSSR count). The maximum absolute atomic E-state index is 11.5. The monoisotopic (exact) mass is 250 g/mol. The fourth-order valence-electron chi connectivity index (χ4n) is 1.60. The SMILES string of the molecule is O=C(O)c1cc(C(=O)O)c2c(=O)[nH][nH]c(=O)c2c1. The van der Waals surface area contributed by atoms with E-state index in [-0.39, 0.29) is 16.3 Å². The van der Waals surface area contributed by atoms with E-state index in [4.69, 9.17) is 10.2 Å². The third-order valence-electron chi connectivity index (χ3n) is 2.38. The van der Waals surface area contributed by atoms with Crippen molar-refractivity contribution in [1.82, 2.24) is 10.2 Å². The predicted octanol–water partition coefficient (Wildman–Crippen LogP) is -0.387. The molecule has 8 nitrogen and oxygen atoms in total. The van der Waals surface area contributed by atoms with Gasteiger partial charge in [0.1, 0.15) is 0 Å². The van der Waals surface area contributed by atoms with Gasteiger partial charge in [-0.1, -0.05) is 0 Å². The van der Waals surface area contributed by atoms with Gasteiger partial charge in [0, 0.05) is 0 Å². The lowest BCUT2D eigenvalue weighted by atomic mass is 10.0. The van der Waals surface area contributed by atoms with Gasteiger partial charge in [-0.2, -0.15) is 0 Å². The summed E-state index contributed by atoms with van der Waals surface area (Å²) in [6.07, 6.45) is 0. The average Bonchev–Trinajstić information content (AvgIpc) is 2.32. The molecule has 0 radical (unpaired) electrons. The van der Waals surface area contributed by atoms with Crippen LogP contribution in [0.1, 0.15) is 20.7 Å². The topological polar surface area (TPSA) is 140 Å². The molecule has 0 bridgehead atoms. The Labute approximate surface area is 97.5 Å². The highest BCUT2D eigenvalue weighted by Gasteiger charge is 2.18.